The molecule has 0 fully saturated rings. The molecule has 0 aliphatic heterocycles. The average Bonchev–Trinajstić information content (AvgIpc) is 2.73. The van der Waals surface area contributed by atoms with Crippen LogP contribution in [0.5, 0.6) is 0 Å². The SMILES string of the molecule is CCCc1ccc(-c2csc(N)c2C(=O)O)cc1. The van der Waals surface area contributed by atoms with Crippen molar-refractivity contribution in [1.82, 2.24) is 0 Å². The number of hydrogen-bond acceptors (Lipinski definition) is 3. The van der Waals surface area contributed by atoms with Crippen molar-refractivity contribution in [3.8, 4) is 11.1 Å². The molecule has 2 aromatic rings. The molecule has 1 aromatic carbocycles. The van der Waals surface area contributed by atoms with Gasteiger partial charge >= 0.3 is 5.97 Å². The minimum Gasteiger partial charge on any atom is -0.478 e. The van der Waals surface area contributed by atoms with Crippen LogP contribution in [0.25, 0.3) is 11.1 Å². The summed E-state index contributed by atoms with van der Waals surface area (Å²) in [6.07, 6.45) is 2.14. The lowest BCUT2D eigenvalue weighted by Crippen LogP contribution is -2.00. The summed E-state index contributed by atoms with van der Waals surface area (Å²) in [4.78, 5) is 11.2. The van der Waals surface area contributed by atoms with Gasteiger partial charge in [-0.15, -0.1) is 11.3 Å². The summed E-state index contributed by atoms with van der Waals surface area (Å²) in [6, 6.07) is 7.99. The van der Waals surface area contributed by atoms with E-state index in [9.17, 15) is 4.79 Å². The highest BCUT2D eigenvalue weighted by Crippen LogP contribution is 2.33. The Hall–Kier alpha value is -1.81. The number of carboxylic acids is 1. The standard InChI is InChI=1S/C14H15NO2S/c1-2-3-9-4-6-10(7-5-9)11-8-18-13(15)12(11)14(16)17/h4-8H,2-3,15H2,1H3,(H,16,17). The van der Waals surface area contributed by atoms with Crippen LogP contribution in [0, 0.1) is 0 Å². The number of carbonyl (C=O) groups is 1. The van der Waals surface area contributed by atoms with Crippen molar-refractivity contribution in [3.63, 3.8) is 0 Å². The predicted molar refractivity (Wildman–Crippen MR) is 75.1 cm³/mol. The van der Waals surface area contributed by atoms with Gasteiger partial charge in [0.15, 0.2) is 0 Å². The lowest BCUT2D eigenvalue weighted by molar-refractivity contribution is 0.0699. The van der Waals surface area contributed by atoms with Crippen LogP contribution in [0.15, 0.2) is 29.6 Å². The Bertz CT molecular complexity index is 558. The van der Waals surface area contributed by atoms with E-state index in [1.807, 2.05) is 24.3 Å². The molecule has 0 amide bonds. The van der Waals surface area contributed by atoms with E-state index >= 15 is 0 Å². The second-order valence-corrected chi connectivity index (χ2v) is 5.05. The molecule has 4 heteroatoms. The smallest absolute Gasteiger partial charge is 0.339 e. The van der Waals surface area contributed by atoms with E-state index in [1.165, 1.54) is 16.9 Å². The van der Waals surface area contributed by atoms with Crippen LogP contribution in [0.2, 0.25) is 0 Å². The van der Waals surface area contributed by atoms with Gasteiger partial charge in [0, 0.05) is 10.9 Å². The topological polar surface area (TPSA) is 63.3 Å². The number of benzene rings is 1. The third-order valence-electron chi connectivity index (χ3n) is 2.84. The Morgan fingerprint density at radius 1 is 1.33 bits per heavy atom. The zero-order valence-corrected chi connectivity index (χ0v) is 11.0. The Balaban J connectivity index is 2.40. The highest BCUT2D eigenvalue weighted by atomic mass is 32.1. The van der Waals surface area contributed by atoms with E-state index in [4.69, 9.17) is 10.8 Å². The Kier molecular flexibility index (Phi) is 3.67. The highest BCUT2D eigenvalue weighted by molar-refractivity contribution is 7.14. The van der Waals surface area contributed by atoms with Crippen LogP contribution in [-0.2, 0) is 6.42 Å². The molecule has 0 unspecified atom stereocenters. The largest absolute Gasteiger partial charge is 0.478 e. The second kappa shape index (κ2) is 5.23. The van der Waals surface area contributed by atoms with Crippen molar-refractivity contribution in [2.75, 3.05) is 5.73 Å². The fourth-order valence-electron chi connectivity index (χ4n) is 1.95. The fraction of sp³-hybridized carbons (Fsp3) is 0.214. The molecular weight excluding hydrogens is 246 g/mol. The van der Waals surface area contributed by atoms with E-state index in [1.54, 1.807) is 5.38 Å². The predicted octanol–water partition coefficient (Wildman–Crippen LogP) is 3.65. The minimum atomic E-state index is -0.971. The van der Waals surface area contributed by atoms with Gasteiger partial charge < -0.3 is 10.8 Å². The first-order valence-corrected chi connectivity index (χ1v) is 6.71. The maximum atomic E-state index is 11.2. The third-order valence-corrected chi connectivity index (χ3v) is 3.65. The molecule has 3 N–H and O–H groups in total. The maximum absolute atomic E-state index is 11.2. The van der Waals surface area contributed by atoms with E-state index in [0.29, 0.717) is 10.6 Å². The van der Waals surface area contributed by atoms with Crippen molar-refractivity contribution in [1.29, 1.82) is 0 Å². The monoisotopic (exact) mass is 261 g/mol. The summed E-state index contributed by atoms with van der Waals surface area (Å²) in [5, 5.41) is 11.3. The van der Waals surface area contributed by atoms with Crippen molar-refractivity contribution >= 4 is 22.3 Å². The zero-order chi connectivity index (χ0) is 13.1. The second-order valence-electron chi connectivity index (χ2n) is 4.14. The molecular formula is C14H15NO2S. The summed E-state index contributed by atoms with van der Waals surface area (Å²) in [7, 11) is 0. The summed E-state index contributed by atoms with van der Waals surface area (Å²) >= 11 is 1.27. The number of rotatable bonds is 4. The van der Waals surface area contributed by atoms with Crippen LogP contribution < -0.4 is 5.73 Å². The highest BCUT2D eigenvalue weighted by Gasteiger charge is 2.17. The van der Waals surface area contributed by atoms with Crippen molar-refractivity contribution < 1.29 is 9.90 Å². The molecule has 18 heavy (non-hydrogen) atoms. The Morgan fingerprint density at radius 2 is 2.00 bits per heavy atom. The van der Waals surface area contributed by atoms with E-state index < -0.39 is 5.97 Å². The molecule has 0 atom stereocenters. The fourth-order valence-corrected chi connectivity index (χ4v) is 2.76. The molecule has 2 rings (SSSR count). The molecule has 0 aliphatic carbocycles. The number of aromatic carboxylic acids is 1. The Morgan fingerprint density at radius 3 is 2.56 bits per heavy atom. The number of anilines is 1. The normalized spacial score (nSPS) is 10.5. The number of thiophene rings is 1. The molecule has 1 aromatic heterocycles. The van der Waals surface area contributed by atoms with Crippen LogP contribution in [0.1, 0.15) is 29.3 Å². The van der Waals surface area contributed by atoms with Crippen molar-refractivity contribution in [2.24, 2.45) is 0 Å². The number of nitrogen functional groups attached to an aromatic ring is 1. The van der Waals surface area contributed by atoms with Crippen molar-refractivity contribution in [3.05, 3.63) is 40.8 Å². The zero-order valence-electron chi connectivity index (χ0n) is 10.1. The van der Waals surface area contributed by atoms with Gasteiger partial charge in [0.1, 0.15) is 10.6 Å². The van der Waals surface area contributed by atoms with Crippen LogP contribution in [0.4, 0.5) is 5.00 Å². The lowest BCUT2D eigenvalue weighted by Gasteiger charge is -2.03. The molecule has 0 saturated carbocycles. The van der Waals surface area contributed by atoms with Crippen LogP contribution >= 0.6 is 11.3 Å². The van der Waals surface area contributed by atoms with Gasteiger partial charge in [-0.3, -0.25) is 0 Å². The average molecular weight is 261 g/mol. The molecule has 1 heterocycles. The number of nitrogens with two attached hydrogens (primary N) is 1. The number of carboxylic acid groups (broad SMARTS) is 1. The number of hydrogen-bond donors (Lipinski definition) is 2. The molecule has 0 saturated heterocycles. The molecule has 94 valence electrons. The molecule has 0 aliphatic rings. The van der Waals surface area contributed by atoms with Crippen LogP contribution in [-0.4, -0.2) is 11.1 Å². The minimum absolute atomic E-state index is 0.211. The first-order chi connectivity index (χ1) is 8.63. The third kappa shape index (κ3) is 2.38. The Labute approximate surface area is 110 Å². The summed E-state index contributed by atoms with van der Waals surface area (Å²) in [5.41, 5.74) is 8.78. The van der Waals surface area contributed by atoms with Gasteiger partial charge in [0.25, 0.3) is 0 Å². The van der Waals surface area contributed by atoms with Gasteiger partial charge in [-0.25, -0.2) is 4.79 Å². The van der Waals surface area contributed by atoms with Gasteiger partial charge in [-0.2, -0.15) is 0 Å². The van der Waals surface area contributed by atoms with Crippen LogP contribution in [0.3, 0.4) is 0 Å². The van der Waals surface area contributed by atoms with Gasteiger partial charge in [-0.1, -0.05) is 37.6 Å². The number of aryl methyl sites for hydroxylation is 1. The first-order valence-electron chi connectivity index (χ1n) is 5.83. The van der Waals surface area contributed by atoms with Gasteiger partial charge in [0.2, 0.25) is 0 Å². The molecule has 3 nitrogen and oxygen atoms in total. The van der Waals surface area contributed by atoms with Crippen molar-refractivity contribution in [2.45, 2.75) is 19.8 Å². The summed E-state index contributed by atoms with van der Waals surface area (Å²) in [5.74, 6) is -0.971. The maximum Gasteiger partial charge on any atom is 0.339 e. The summed E-state index contributed by atoms with van der Waals surface area (Å²) in [6.45, 7) is 2.13. The quantitative estimate of drug-likeness (QED) is 0.883. The first kappa shape index (κ1) is 12.6. The summed E-state index contributed by atoms with van der Waals surface area (Å²) < 4.78 is 0. The van der Waals surface area contributed by atoms with E-state index in [2.05, 4.69) is 6.92 Å². The molecule has 0 radical (unpaired) electrons. The molecule has 0 bridgehead atoms. The van der Waals surface area contributed by atoms with E-state index in [0.717, 1.165) is 18.4 Å². The van der Waals surface area contributed by atoms with Gasteiger partial charge in [0.05, 0.1) is 0 Å². The van der Waals surface area contributed by atoms with E-state index in [-0.39, 0.29) is 5.56 Å². The molecule has 0 spiro atoms. The van der Waals surface area contributed by atoms with Gasteiger partial charge in [-0.05, 0) is 17.5 Å². The lowest BCUT2D eigenvalue weighted by atomic mass is 10.0.